The number of nitrogens with zero attached hydrogens (tertiary/aromatic N) is 2. The SMILES string of the molecule is CCNC(=NCCOCC)N(C)Cc1cccc(Cl)c1.I. The third kappa shape index (κ3) is 8.48. The van der Waals surface area contributed by atoms with E-state index in [4.69, 9.17) is 16.3 Å². The Labute approximate surface area is 149 Å². The summed E-state index contributed by atoms with van der Waals surface area (Å²) in [6.07, 6.45) is 0. The van der Waals surface area contributed by atoms with Crippen LogP contribution in [0, 0.1) is 0 Å². The summed E-state index contributed by atoms with van der Waals surface area (Å²) in [6.45, 7) is 7.69. The van der Waals surface area contributed by atoms with E-state index in [9.17, 15) is 0 Å². The van der Waals surface area contributed by atoms with Crippen molar-refractivity contribution in [3.05, 3.63) is 34.9 Å². The fraction of sp³-hybridized carbons (Fsp3) is 0.533. The minimum absolute atomic E-state index is 0. The lowest BCUT2D eigenvalue weighted by molar-refractivity contribution is 0.155. The molecule has 0 aliphatic rings. The van der Waals surface area contributed by atoms with Crippen molar-refractivity contribution in [1.82, 2.24) is 10.2 Å². The van der Waals surface area contributed by atoms with E-state index < -0.39 is 0 Å². The van der Waals surface area contributed by atoms with Crippen LogP contribution in [0.25, 0.3) is 0 Å². The number of halogens is 2. The minimum atomic E-state index is 0. The summed E-state index contributed by atoms with van der Waals surface area (Å²) in [4.78, 5) is 6.63. The quantitative estimate of drug-likeness (QED) is 0.315. The summed E-state index contributed by atoms with van der Waals surface area (Å²) in [5.74, 6) is 0.882. The number of hydrogen-bond acceptors (Lipinski definition) is 2. The molecule has 0 saturated carbocycles. The van der Waals surface area contributed by atoms with Gasteiger partial charge in [-0.2, -0.15) is 0 Å². The first kappa shape index (κ1) is 20.5. The van der Waals surface area contributed by atoms with Gasteiger partial charge in [-0.1, -0.05) is 23.7 Å². The van der Waals surface area contributed by atoms with Gasteiger partial charge < -0.3 is 15.0 Å². The van der Waals surface area contributed by atoms with Crippen LogP contribution >= 0.6 is 35.6 Å². The lowest BCUT2D eigenvalue weighted by atomic mass is 10.2. The Bertz CT molecular complexity index is 429. The maximum absolute atomic E-state index is 6.01. The van der Waals surface area contributed by atoms with Gasteiger partial charge in [-0.05, 0) is 31.5 Å². The molecule has 120 valence electrons. The molecule has 6 heteroatoms. The van der Waals surface area contributed by atoms with Gasteiger partial charge in [-0.15, -0.1) is 24.0 Å². The highest BCUT2D eigenvalue weighted by molar-refractivity contribution is 14.0. The van der Waals surface area contributed by atoms with Crippen LogP contribution in [0.2, 0.25) is 5.02 Å². The third-order valence-electron chi connectivity index (χ3n) is 2.71. The number of guanidine groups is 1. The van der Waals surface area contributed by atoms with Crippen molar-refractivity contribution in [2.24, 2.45) is 4.99 Å². The zero-order valence-corrected chi connectivity index (χ0v) is 16.0. The summed E-state index contributed by atoms with van der Waals surface area (Å²) in [6, 6.07) is 7.88. The molecule has 0 spiro atoms. The highest BCUT2D eigenvalue weighted by atomic mass is 127. The van der Waals surface area contributed by atoms with Crippen molar-refractivity contribution in [2.75, 3.05) is 33.4 Å². The van der Waals surface area contributed by atoms with Crippen molar-refractivity contribution in [2.45, 2.75) is 20.4 Å². The first-order chi connectivity index (χ1) is 9.67. The molecule has 21 heavy (non-hydrogen) atoms. The fourth-order valence-corrected chi connectivity index (χ4v) is 2.03. The van der Waals surface area contributed by atoms with Gasteiger partial charge in [0.05, 0.1) is 13.2 Å². The summed E-state index contributed by atoms with van der Waals surface area (Å²) in [5.41, 5.74) is 1.16. The standard InChI is InChI=1S/C15H24ClN3O.HI/c1-4-17-15(18-9-10-20-5-2)19(3)12-13-7-6-8-14(16)11-13;/h6-8,11H,4-5,9-10,12H2,1-3H3,(H,17,18);1H. The van der Waals surface area contributed by atoms with Crippen molar-refractivity contribution in [3.8, 4) is 0 Å². The van der Waals surface area contributed by atoms with Crippen molar-refractivity contribution in [3.63, 3.8) is 0 Å². The second-order valence-corrected chi connectivity index (χ2v) is 4.85. The van der Waals surface area contributed by atoms with E-state index in [1.807, 2.05) is 32.2 Å². The topological polar surface area (TPSA) is 36.9 Å². The van der Waals surface area contributed by atoms with Crippen LogP contribution in [-0.2, 0) is 11.3 Å². The average Bonchev–Trinajstić information content (AvgIpc) is 2.42. The number of benzene rings is 1. The molecule has 0 radical (unpaired) electrons. The van der Waals surface area contributed by atoms with Crippen LogP contribution in [-0.4, -0.2) is 44.2 Å². The van der Waals surface area contributed by atoms with Crippen molar-refractivity contribution in [1.29, 1.82) is 0 Å². The molecule has 1 rings (SSSR count). The molecule has 1 N–H and O–H groups in total. The van der Waals surface area contributed by atoms with Crippen LogP contribution < -0.4 is 5.32 Å². The third-order valence-corrected chi connectivity index (χ3v) is 2.94. The van der Waals surface area contributed by atoms with Gasteiger partial charge in [0.2, 0.25) is 0 Å². The molecular formula is C15H25ClIN3O. The maximum atomic E-state index is 6.01. The van der Waals surface area contributed by atoms with Crippen LogP contribution in [0.4, 0.5) is 0 Å². The second-order valence-electron chi connectivity index (χ2n) is 4.42. The largest absolute Gasteiger partial charge is 0.380 e. The van der Waals surface area contributed by atoms with Crippen LogP contribution in [0.5, 0.6) is 0 Å². The molecule has 0 aliphatic heterocycles. The van der Waals surface area contributed by atoms with Crippen molar-refractivity contribution >= 4 is 41.5 Å². The smallest absolute Gasteiger partial charge is 0.194 e. The number of rotatable bonds is 7. The zero-order valence-electron chi connectivity index (χ0n) is 12.9. The zero-order chi connectivity index (χ0) is 14.8. The highest BCUT2D eigenvalue weighted by Crippen LogP contribution is 2.12. The molecule has 0 amide bonds. The summed E-state index contributed by atoms with van der Waals surface area (Å²) >= 11 is 6.01. The number of aliphatic imine (C=N–C) groups is 1. The number of nitrogens with one attached hydrogen (secondary N) is 1. The molecule has 0 atom stereocenters. The highest BCUT2D eigenvalue weighted by Gasteiger charge is 2.06. The molecule has 0 unspecified atom stereocenters. The van der Waals surface area contributed by atoms with E-state index in [1.165, 1.54) is 0 Å². The van der Waals surface area contributed by atoms with Gasteiger partial charge in [-0.25, -0.2) is 0 Å². The Morgan fingerprint density at radius 1 is 1.38 bits per heavy atom. The average molecular weight is 426 g/mol. The van der Waals surface area contributed by atoms with E-state index in [1.54, 1.807) is 0 Å². The Morgan fingerprint density at radius 3 is 2.76 bits per heavy atom. The maximum Gasteiger partial charge on any atom is 0.194 e. The molecule has 1 aromatic carbocycles. The van der Waals surface area contributed by atoms with Gasteiger partial charge in [0, 0.05) is 31.8 Å². The van der Waals surface area contributed by atoms with Gasteiger partial charge in [-0.3, -0.25) is 4.99 Å². The lowest BCUT2D eigenvalue weighted by Gasteiger charge is -2.22. The molecule has 0 bridgehead atoms. The molecule has 0 fully saturated rings. The summed E-state index contributed by atoms with van der Waals surface area (Å²) < 4.78 is 5.30. The van der Waals surface area contributed by atoms with Crippen LogP contribution in [0.15, 0.2) is 29.3 Å². The van der Waals surface area contributed by atoms with E-state index in [2.05, 4.69) is 28.2 Å². The fourth-order valence-electron chi connectivity index (χ4n) is 1.81. The minimum Gasteiger partial charge on any atom is -0.380 e. The second kappa shape index (κ2) is 12.1. The monoisotopic (exact) mass is 425 g/mol. The lowest BCUT2D eigenvalue weighted by Crippen LogP contribution is -2.38. The van der Waals surface area contributed by atoms with E-state index in [0.717, 1.165) is 36.2 Å². The first-order valence-corrected chi connectivity index (χ1v) is 7.36. The molecule has 0 aromatic heterocycles. The van der Waals surface area contributed by atoms with Crippen molar-refractivity contribution < 1.29 is 4.74 Å². The van der Waals surface area contributed by atoms with Crippen LogP contribution in [0.1, 0.15) is 19.4 Å². The number of hydrogen-bond donors (Lipinski definition) is 1. The van der Waals surface area contributed by atoms with Gasteiger partial charge >= 0.3 is 0 Å². The van der Waals surface area contributed by atoms with Gasteiger partial charge in [0.25, 0.3) is 0 Å². The Balaban J connectivity index is 0.00000400. The molecule has 0 saturated heterocycles. The molecule has 0 aliphatic carbocycles. The van der Waals surface area contributed by atoms with Crippen LogP contribution in [0.3, 0.4) is 0 Å². The summed E-state index contributed by atoms with van der Waals surface area (Å²) in [5, 5.41) is 4.04. The van der Waals surface area contributed by atoms with E-state index in [-0.39, 0.29) is 24.0 Å². The predicted octanol–water partition coefficient (Wildman–Crippen LogP) is 3.39. The van der Waals surface area contributed by atoms with E-state index in [0.29, 0.717) is 13.2 Å². The molecule has 0 heterocycles. The Hall–Kier alpha value is -0.530. The number of ether oxygens (including phenoxy) is 1. The molecule has 4 nitrogen and oxygen atoms in total. The molecule has 1 aromatic rings. The summed E-state index contributed by atoms with van der Waals surface area (Å²) in [7, 11) is 2.02. The first-order valence-electron chi connectivity index (χ1n) is 6.99. The molecular weight excluding hydrogens is 401 g/mol. The normalized spacial score (nSPS) is 11.0. The van der Waals surface area contributed by atoms with E-state index >= 15 is 0 Å². The van der Waals surface area contributed by atoms with Gasteiger partial charge in [0.15, 0.2) is 5.96 Å². The van der Waals surface area contributed by atoms with Gasteiger partial charge in [0.1, 0.15) is 0 Å². The Morgan fingerprint density at radius 2 is 2.14 bits per heavy atom. The Kier molecular flexibility index (Phi) is 11.8. The predicted molar refractivity (Wildman–Crippen MR) is 101 cm³/mol.